The van der Waals surface area contributed by atoms with Crippen LogP contribution in [0.25, 0.3) is 0 Å². The highest BCUT2D eigenvalue weighted by atomic mass is 35.5. The van der Waals surface area contributed by atoms with Gasteiger partial charge in [0.2, 0.25) is 21.8 Å². The first-order chi connectivity index (χ1) is 18.9. The van der Waals surface area contributed by atoms with Gasteiger partial charge in [-0.2, -0.15) is 4.31 Å². The summed E-state index contributed by atoms with van der Waals surface area (Å²) in [5.41, 5.74) is 1.41. The van der Waals surface area contributed by atoms with Crippen LogP contribution in [-0.2, 0) is 32.6 Å². The Morgan fingerprint density at radius 3 is 2.12 bits per heavy atom. The van der Waals surface area contributed by atoms with Gasteiger partial charge in [-0.15, -0.1) is 0 Å². The second kappa shape index (κ2) is 14.3. The number of hydrogen-bond donors (Lipinski definition) is 1. The predicted molar refractivity (Wildman–Crippen MR) is 160 cm³/mol. The average Bonchev–Trinajstić information content (AvgIpc) is 2.91. The van der Waals surface area contributed by atoms with Crippen molar-refractivity contribution in [2.75, 3.05) is 20.1 Å². The molecule has 0 heterocycles. The predicted octanol–water partition coefficient (Wildman–Crippen LogP) is 5.68. The van der Waals surface area contributed by atoms with E-state index in [0.29, 0.717) is 27.2 Å². The summed E-state index contributed by atoms with van der Waals surface area (Å²) < 4.78 is 27.4. The fourth-order valence-corrected chi connectivity index (χ4v) is 5.68. The third-order valence-electron chi connectivity index (χ3n) is 6.19. The molecule has 40 heavy (non-hydrogen) atoms. The first-order valence-electron chi connectivity index (χ1n) is 12.7. The van der Waals surface area contributed by atoms with Crippen molar-refractivity contribution in [2.24, 2.45) is 5.92 Å². The Morgan fingerprint density at radius 2 is 1.52 bits per heavy atom. The molecule has 0 bridgehead atoms. The van der Waals surface area contributed by atoms with Crippen LogP contribution in [0.5, 0.6) is 0 Å². The summed E-state index contributed by atoms with van der Waals surface area (Å²) in [5, 5.41) is 4.07. The van der Waals surface area contributed by atoms with Gasteiger partial charge in [0.1, 0.15) is 6.04 Å². The van der Waals surface area contributed by atoms with Gasteiger partial charge in [-0.3, -0.25) is 9.59 Å². The number of benzene rings is 3. The number of rotatable bonds is 12. The molecule has 2 amide bonds. The molecule has 0 spiro atoms. The monoisotopic (exact) mass is 623 g/mol. The normalized spacial score (nSPS) is 12.4. The molecule has 0 aromatic heterocycles. The summed E-state index contributed by atoms with van der Waals surface area (Å²) in [5.74, 6) is -0.724. The van der Waals surface area contributed by atoms with Crippen molar-refractivity contribution in [3.05, 3.63) is 99.0 Å². The van der Waals surface area contributed by atoms with Gasteiger partial charge < -0.3 is 10.2 Å². The minimum atomic E-state index is -4.01. The quantitative estimate of drug-likeness (QED) is 0.281. The average molecular weight is 625 g/mol. The van der Waals surface area contributed by atoms with Crippen LogP contribution < -0.4 is 5.32 Å². The number of nitrogens with zero attached hydrogens (tertiary/aromatic N) is 2. The van der Waals surface area contributed by atoms with E-state index in [9.17, 15) is 18.0 Å². The Hall–Kier alpha value is -2.62. The van der Waals surface area contributed by atoms with Gasteiger partial charge >= 0.3 is 0 Å². The first-order valence-corrected chi connectivity index (χ1v) is 15.2. The molecule has 0 saturated heterocycles. The van der Waals surface area contributed by atoms with Crippen LogP contribution in [0, 0.1) is 5.92 Å². The molecule has 0 aliphatic carbocycles. The van der Waals surface area contributed by atoms with Gasteiger partial charge in [0.05, 0.1) is 11.4 Å². The largest absolute Gasteiger partial charge is 0.354 e. The molecule has 0 aliphatic rings. The van der Waals surface area contributed by atoms with Crippen molar-refractivity contribution in [2.45, 2.75) is 37.8 Å². The van der Waals surface area contributed by atoms with E-state index in [-0.39, 0.29) is 29.7 Å². The van der Waals surface area contributed by atoms with Crippen LogP contribution in [0.15, 0.2) is 77.7 Å². The zero-order valence-electron chi connectivity index (χ0n) is 22.5. The summed E-state index contributed by atoms with van der Waals surface area (Å²) in [6, 6.07) is 19.0. The first kappa shape index (κ1) is 31.9. The molecule has 0 fully saturated rings. The summed E-state index contributed by atoms with van der Waals surface area (Å²) in [7, 11) is -2.69. The third kappa shape index (κ3) is 8.69. The van der Waals surface area contributed by atoms with Gasteiger partial charge in [-0.05, 0) is 53.4 Å². The molecule has 0 saturated carbocycles. The van der Waals surface area contributed by atoms with Crippen molar-refractivity contribution >= 4 is 56.6 Å². The van der Waals surface area contributed by atoms with Crippen molar-refractivity contribution in [3.8, 4) is 0 Å². The molecular formula is C29H32Cl3N3O4S. The molecule has 1 N–H and O–H groups in total. The number of amides is 2. The number of carbonyl (C=O) groups is 2. The molecule has 214 valence electrons. The van der Waals surface area contributed by atoms with Crippen LogP contribution in [-0.4, -0.2) is 55.6 Å². The van der Waals surface area contributed by atoms with E-state index in [1.165, 1.54) is 36.2 Å². The number of carbonyl (C=O) groups excluding carboxylic acids is 2. The van der Waals surface area contributed by atoms with Crippen LogP contribution in [0.4, 0.5) is 0 Å². The molecule has 1 atom stereocenters. The topological polar surface area (TPSA) is 86.8 Å². The number of hydrogen-bond acceptors (Lipinski definition) is 4. The van der Waals surface area contributed by atoms with Crippen molar-refractivity contribution in [1.29, 1.82) is 0 Å². The zero-order valence-corrected chi connectivity index (χ0v) is 25.6. The number of halogens is 3. The smallest absolute Gasteiger partial charge is 0.243 e. The molecule has 3 aromatic carbocycles. The van der Waals surface area contributed by atoms with E-state index < -0.39 is 28.5 Å². The van der Waals surface area contributed by atoms with E-state index in [4.69, 9.17) is 34.8 Å². The maximum absolute atomic E-state index is 13.9. The minimum Gasteiger partial charge on any atom is -0.354 e. The van der Waals surface area contributed by atoms with Crippen molar-refractivity contribution in [3.63, 3.8) is 0 Å². The van der Waals surface area contributed by atoms with E-state index in [0.717, 1.165) is 9.87 Å². The Morgan fingerprint density at radius 1 is 0.900 bits per heavy atom. The van der Waals surface area contributed by atoms with Gasteiger partial charge in [-0.1, -0.05) is 85.0 Å². The van der Waals surface area contributed by atoms with Crippen molar-refractivity contribution in [1.82, 2.24) is 14.5 Å². The highest BCUT2D eigenvalue weighted by Gasteiger charge is 2.33. The highest BCUT2D eigenvalue weighted by molar-refractivity contribution is 7.89. The highest BCUT2D eigenvalue weighted by Crippen LogP contribution is 2.25. The third-order valence-corrected chi connectivity index (χ3v) is 8.85. The lowest BCUT2D eigenvalue weighted by Gasteiger charge is -2.33. The van der Waals surface area contributed by atoms with E-state index in [1.54, 1.807) is 18.2 Å². The van der Waals surface area contributed by atoms with Gasteiger partial charge in [0.15, 0.2) is 0 Å². The fourth-order valence-electron chi connectivity index (χ4n) is 3.96. The molecule has 3 aromatic rings. The molecular weight excluding hydrogens is 593 g/mol. The molecule has 0 radical (unpaired) electrons. The molecule has 0 aliphatic heterocycles. The van der Waals surface area contributed by atoms with E-state index in [1.807, 2.05) is 44.2 Å². The molecule has 7 nitrogen and oxygen atoms in total. The Balaban J connectivity index is 1.99. The lowest BCUT2D eigenvalue weighted by molar-refractivity contribution is -0.141. The van der Waals surface area contributed by atoms with Gasteiger partial charge in [0, 0.05) is 41.6 Å². The minimum absolute atomic E-state index is 0.00462. The summed E-state index contributed by atoms with van der Waals surface area (Å²) in [6.07, 6.45) is 0.218. The van der Waals surface area contributed by atoms with Gasteiger partial charge in [-0.25, -0.2) is 8.42 Å². The second-order valence-corrected chi connectivity index (χ2v) is 13.1. The molecule has 3 rings (SSSR count). The Labute approximate surface area is 251 Å². The second-order valence-electron chi connectivity index (χ2n) is 9.82. The maximum atomic E-state index is 13.9. The zero-order chi connectivity index (χ0) is 29.4. The number of sulfonamides is 1. The summed E-state index contributed by atoms with van der Waals surface area (Å²) in [4.78, 5) is 28.8. The summed E-state index contributed by atoms with van der Waals surface area (Å²) >= 11 is 18.5. The van der Waals surface area contributed by atoms with Crippen LogP contribution in [0.3, 0.4) is 0 Å². The number of nitrogens with one attached hydrogen (secondary N) is 1. The Bertz CT molecular complexity index is 1420. The standard InChI is InChI=1S/C29H32Cl3N3O4S/c1-20(2)17-33-29(37)27(15-21-7-5-4-6-8-21)35(18-22-9-10-24(31)16-26(22)32)28(36)19-34(3)40(38,39)25-13-11-23(30)12-14-25/h4-14,16,20,27H,15,17-19H2,1-3H3,(H,33,37)/t27-/m0/s1. The maximum Gasteiger partial charge on any atom is 0.243 e. The van der Waals surface area contributed by atoms with Crippen LogP contribution in [0.1, 0.15) is 25.0 Å². The van der Waals surface area contributed by atoms with E-state index in [2.05, 4.69) is 5.32 Å². The lowest BCUT2D eigenvalue weighted by atomic mass is 10.0. The summed E-state index contributed by atoms with van der Waals surface area (Å²) in [6.45, 7) is 3.83. The molecule has 0 unspecified atom stereocenters. The lowest BCUT2D eigenvalue weighted by Crippen LogP contribution is -2.53. The SMILES string of the molecule is CC(C)CNC(=O)[C@H](Cc1ccccc1)N(Cc1ccc(Cl)cc1Cl)C(=O)CN(C)S(=O)(=O)c1ccc(Cl)cc1. The van der Waals surface area contributed by atoms with Crippen LogP contribution >= 0.6 is 34.8 Å². The molecule has 11 heteroatoms. The van der Waals surface area contributed by atoms with E-state index >= 15 is 0 Å². The fraction of sp³-hybridized carbons (Fsp3) is 0.310. The van der Waals surface area contributed by atoms with Gasteiger partial charge in [0.25, 0.3) is 0 Å². The van der Waals surface area contributed by atoms with Crippen molar-refractivity contribution < 1.29 is 18.0 Å². The van der Waals surface area contributed by atoms with Crippen LogP contribution in [0.2, 0.25) is 15.1 Å². The Kier molecular flexibility index (Phi) is 11.4. The number of likely N-dealkylation sites (N-methyl/N-ethyl adjacent to an activating group) is 1.